The second kappa shape index (κ2) is 44.8. The number of halogens is 1. The standard InChI is InChI=1S/C29H31NO4.C23H26N2O4.C22H19N3O4S.C17H13ClN2O3.C12H12N2O4/c31-18-27(32)23-2-1-22-7-8-30(28(33)26(22)14-23)9-10-34-25-5-3-24(4-6-25)29-15-19-11-20(16-29)13-21(12-19)17-29;1-3-24(4-2)19-6-5-7-20(15-19)29-13-12-25-11-10-17-8-9-18(22(27)16-26)14-21(17)23(25)28;26-13-20(27)16-7-6-15-8-10-25(22(28)18(15)12-16)9-3-11-29-21-5-2-1-4-17(21)19-14-30-24-23-19;18-15-4-2-1-3-13(15)10-20-8-7-11-5-6-12(16(21)19-23)9-14(11)17(20)22;15-6-5-14-4-3-8-1-2-9(11(16)13-18)7-10(8)12(14)17/h1-8,14,19-21,31H,9-13,15-18H2;5-11,14-15,26H,3-4,12-13,16H2,1-2H3;1-2,4-8,10,12,14,26H,3,9,11,13H2;1-9,23H,10H2,(H,19,21);1-4,7,15,18H,5-6H2,(H,13,16). The van der Waals surface area contributed by atoms with Crippen LogP contribution < -0.4 is 57.9 Å². The number of para-hydroxylation sites is 1. The SMILES string of the molecule is CCN(CC)c1cccc(OCCn2ccc3ccc(C(=O)CO)cc3c2=O)c1.O=C(CO)c1ccc2ccn(CCCOc3ccccc3-c3csnn3)c(=O)c2c1.O=C(CO)c1ccc2ccn(CCOc3ccc(C45CC6CC(CC(C6)C4)C5)cc3)c(=O)c2c1.O=C(NO)c1ccc2ccn(CCO)c(=O)c2c1.O=C(NO)c1ccc2ccn(Cc3ccccc3Cl)c(=O)c2c1. The molecule has 6 heterocycles. The minimum absolute atomic E-state index is 0.137. The van der Waals surface area contributed by atoms with Gasteiger partial charge in [-0.1, -0.05) is 113 Å². The first-order valence-electron chi connectivity index (χ1n) is 44.1. The maximum absolute atomic E-state index is 12.9. The topological polar surface area (TPSA) is 397 Å². The molecule has 9 aromatic carbocycles. The van der Waals surface area contributed by atoms with Crippen LogP contribution in [0.3, 0.4) is 0 Å². The van der Waals surface area contributed by atoms with Crippen molar-refractivity contribution < 1.29 is 69.0 Å². The number of Topliss-reactive ketones (excluding diaryl/α,β-unsaturated/α-hetero) is 3. The number of carbonyl (C=O) groups is 5. The Bertz CT molecular complexity index is 7080. The number of hydrogen-bond donors (Lipinski definition) is 8. The van der Waals surface area contributed by atoms with Crippen LogP contribution >= 0.6 is 23.1 Å². The van der Waals surface area contributed by atoms with E-state index in [1.165, 1.54) is 88.4 Å². The van der Waals surface area contributed by atoms with Crippen molar-refractivity contribution in [2.24, 2.45) is 17.8 Å². The molecule has 8 N–H and O–H groups in total. The zero-order chi connectivity index (χ0) is 94.5. The Hall–Kier alpha value is -14.2. The fourth-order valence-electron chi connectivity index (χ4n) is 18.1. The van der Waals surface area contributed by atoms with Crippen LogP contribution in [0.25, 0.3) is 65.1 Å². The van der Waals surface area contributed by atoms with E-state index < -0.39 is 49.0 Å². The molecule has 2 amide bonds. The molecule has 15 aromatic rings. The molecule has 0 aliphatic heterocycles. The number of hydrogen-bond acceptors (Lipinski definition) is 23. The van der Waals surface area contributed by atoms with E-state index in [1.54, 1.807) is 141 Å². The van der Waals surface area contributed by atoms with E-state index in [-0.39, 0.29) is 52.1 Å². The Labute approximate surface area is 777 Å². The van der Waals surface area contributed by atoms with Gasteiger partial charge in [0.15, 0.2) is 17.3 Å². The highest BCUT2D eigenvalue weighted by Crippen LogP contribution is 2.61. The van der Waals surface area contributed by atoms with Gasteiger partial charge in [-0.2, -0.15) is 0 Å². The van der Waals surface area contributed by atoms with E-state index in [1.807, 2.05) is 84.2 Å². The number of ether oxygens (including phenoxy) is 3. The number of nitrogens with zero attached hydrogens (tertiary/aromatic N) is 8. The zero-order valence-corrected chi connectivity index (χ0v) is 75.3. The normalized spacial score (nSPS) is 15.0. The smallest absolute Gasteiger partial charge is 0.274 e. The summed E-state index contributed by atoms with van der Waals surface area (Å²) in [6.07, 6.45) is 17.6. The van der Waals surface area contributed by atoms with Gasteiger partial charge in [-0.3, -0.25) is 58.4 Å². The maximum Gasteiger partial charge on any atom is 0.274 e. The lowest BCUT2D eigenvalue weighted by Gasteiger charge is -2.57. The summed E-state index contributed by atoms with van der Waals surface area (Å²) < 4.78 is 29.4. The summed E-state index contributed by atoms with van der Waals surface area (Å²) in [7, 11) is 0. The number of aliphatic hydroxyl groups excluding tert-OH is 4. The average molecular weight is 1850 g/mol. The summed E-state index contributed by atoms with van der Waals surface area (Å²) in [6.45, 7) is 7.21. The van der Waals surface area contributed by atoms with Crippen LogP contribution in [0.2, 0.25) is 5.02 Å². The fourth-order valence-corrected chi connectivity index (χ4v) is 18.8. The van der Waals surface area contributed by atoms with Crippen molar-refractivity contribution in [3.05, 3.63) is 350 Å². The quantitative estimate of drug-likeness (QED) is 0.00897. The van der Waals surface area contributed by atoms with Crippen LogP contribution in [0.15, 0.2) is 279 Å². The second-order valence-electron chi connectivity index (χ2n) is 33.0. The lowest BCUT2D eigenvalue weighted by atomic mass is 9.48. The summed E-state index contributed by atoms with van der Waals surface area (Å²) in [6, 6.07) is 64.6. The van der Waals surface area contributed by atoms with Gasteiger partial charge in [0.05, 0.1) is 32.8 Å². The van der Waals surface area contributed by atoms with Crippen LogP contribution in [-0.4, -0.2) is 152 Å². The fraction of sp³-hybridized carbons (Fsp3) is 0.262. The maximum atomic E-state index is 12.9. The zero-order valence-electron chi connectivity index (χ0n) is 73.7. The van der Waals surface area contributed by atoms with E-state index in [0.29, 0.717) is 112 Å². The highest BCUT2D eigenvalue weighted by Gasteiger charge is 2.51. The molecule has 4 fully saturated rings. The van der Waals surface area contributed by atoms with Gasteiger partial charge >= 0.3 is 0 Å². The summed E-state index contributed by atoms with van der Waals surface area (Å²) in [5.74, 6) is 2.58. The van der Waals surface area contributed by atoms with Crippen molar-refractivity contribution in [1.82, 2.24) is 43.4 Å². The third-order valence-corrected chi connectivity index (χ3v) is 25.5. The van der Waals surface area contributed by atoms with E-state index >= 15 is 0 Å². The Balaban J connectivity index is 0.000000136. The van der Waals surface area contributed by atoms with Gasteiger partial charge in [-0.25, -0.2) is 11.0 Å². The number of rotatable bonds is 30. The molecule has 0 unspecified atom stereocenters. The Morgan fingerprint density at radius 2 is 0.866 bits per heavy atom. The van der Waals surface area contributed by atoms with Crippen LogP contribution in [0.1, 0.15) is 122 Å². The van der Waals surface area contributed by atoms with Gasteiger partial charge in [-0.05, 0) is 247 Å². The molecule has 4 aliphatic rings. The number of nitrogens with one attached hydrogen (secondary N) is 2. The van der Waals surface area contributed by atoms with Crippen LogP contribution in [-0.2, 0) is 38.1 Å². The predicted octanol–water partition coefficient (Wildman–Crippen LogP) is 13.9. The molecule has 19 rings (SSSR count). The number of fused-ring (bicyclic) bond motifs is 5. The van der Waals surface area contributed by atoms with Gasteiger partial charge in [0.2, 0.25) is 0 Å². The van der Waals surface area contributed by atoms with Crippen molar-refractivity contribution in [2.45, 2.75) is 96.9 Å². The molecule has 29 nitrogen and oxygen atoms in total. The van der Waals surface area contributed by atoms with Crippen LogP contribution in [0, 0.1) is 17.8 Å². The molecule has 4 saturated carbocycles. The molecule has 690 valence electrons. The molecule has 0 radical (unpaired) electrons. The number of benzene rings is 9. The number of aromatic nitrogens is 7. The average Bonchev–Trinajstić information content (AvgIpc) is 0.759. The molecule has 0 saturated heterocycles. The minimum atomic E-state index is -0.672. The van der Waals surface area contributed by atoms with Gasteiger partial charge in [0.1, 0.15) is 56.0 Å². The number of aryl methyl sites for hydroxylation is 1. The summed E-state index contributed by atoms with van der Waals surface area (Å²) in [4.78, 5) is 123. The van der Waals surface area contributed by atoms with Crippen molar-refractivity contribution >= 4 is 112 Å². The number of ketones is 3. The molecule has 4 aliphatic carbocycles. The first-order valence-corrected chi connectivity index (χ1v) is 45.3. The third kappa shape index (κ3) is 22.7. The van der Waals surface area contributed by atoms with Crippen LogP contribution in [0.4, 0.5) is 5.69 Å². The summed E-state index contributed by atoms with van der Waals surface area (Å²) in [5, 5.41) is 65.7. The van der Waals surface area contributed by atoms with Gasteiger partial charge in [-0.15, -0.1) is 5.10 Å². The monoisotopic (exact) mass is 1850 g/mol. The molecule has 0 spiro atoms. The molecule has 4 bridgehead atoms. The molecular formula is C103H101ClN10O19S. The number of carbonyl (C=O) groups excluding carboxylic acids is 5. The van der Waals surface area contributed by atoms with Gasteiger partial charge < -0.3 is 62.4 Å². The predicted molar refractivity (Wildman–Crippen MR) is 514 cm³/mol. The lowest BCUT2D eigenvalue weighted by Crippen LogP contribution is -2.48. The third-order valence-electron chi connectivity index (χ3n) is 24.6. The Morgan fingerprint density at radius 3 is 1.31 bits per heavy atom. The molecule has 6 aromatic heterocycles. The number of hydroxylamine groups is 2. The molecule has 0 atom stereocenters. The van der Waals surface area contributed by atoms with Crippen molar-refractivity contribution in [1.29, 1.82) is 0 Å². The highest BCUT2D eigenvalue weighted by molar-refractivity contribution is 7.03. The lowest BCUT2D eigenvalue weighted by molar-refractivity contribution is -0.00521. The summed E-state index contributed by atoms with van der Waals surface area (Å²) >= 11 is 7.42. The number of anilines is 1. The number of aliphatic hydroxyl groups is 4. The van der Waals surface area contributed by atoms with Crippen molar-refractivity contribution in [2.75, 3.05) is 64.2 Å². The van der Waals surface area contributed by atoms with E-state index in [9.17, 15) is 47.9 Å². The van der Waals surface area contributed by atoms with E-state index in [4.69, 9.17) is 56.7 Å². The number of amides is 2. The largest absolute Gasteiger partial charge is 0.493 e. The molecule has 31 heteroatoms. The first-order chi connectivity index (χ1) is 65.0. The first kappa shape index (κ1) is 95.9. The van der Waals surface area contributed by atoms with Gasteiger partial charge in [0.25, 0.3) is 39.6 Å². The van der Waals surface area contributed by atoms with Crippen LogP contribution in [0.5, 0.6) is 17.2 Å². The molecule has 134 heavy (non-hydrogen) atoms. The summed E-state index contributed by atoms with van der Waals surface area (Å²) in [5.41, 5.74) is 8.95. The van der Waals surface area contributed by atoms with Crippen molar-refractivity contribution in [3.63, 3.8) is 0 Å². The Morgan fingerprint density at radius 1 is 0.448 bits per heavy atom. The Kier molecular flexibility index (Phi) is 32.1. The minimum Gasteiger partial charge on any atom is -0.493 e. The van der Waals surface area contributed by atoms with E-state index in [2.05, 4.69) is 58.7 Å². The van der Waals surface area contributed by atoms with Gasteiger partial charge in [0, 0.05) is 140 Å². The number of pyridine rings is 5. The second-order valence-corrected chi connectivity index (χ2v) is 34.1. The van der Waals surface area contributed by atoms with Crippen molar-refractivity contribution in [3.8, 4) is 28.5 Å². The highest BCUT2D eigenvalue weighted by atomic mass is 35.5. The van der Waals surface area contributed by atoms with E-state index in [0.717, 1.165) is 92.1 Å². The molecular weight excluding hydrogens is 1750 g/mol.